The maximum Gasteiger partial charge on any atom is 0.416 e. The molecule has 2 aromatic carbocycles. The summed E-state index contributed by atoms with van der Waals surface area (Å²) >= 11 is 0. The summed E-state index contributed by atoms with van der Waals surface area (Å²) in [6.45, 7) is 0. The van der Waals surface area contributed by atoms with Crippen LogP contribution in [0.2, 0.25) is 0 Å². The molecule has 0 radical (unpaired) electrons. The lowest BCUT2D eigenvalue weighted by Gasteiger charge is -2.11. The third-order valence-corrected chi connectivity index (χ3v) is 4.37. The van der Waals surface area contributed by atoms with Gasteiger partial charge in [-0.15, -0.1) is 0 Å². The number of anilines is 1. The lowest BCUT2D eigenvalue weighted by molar-refractivity contribution is -0.137. The Hall–Kier alpha value is -3.74. The van der Waals surface area contributed by atoms with Crippen molar-refractivity contribution in [2.45, 2.75) is 6.18 Å². The largest absolute Gasteiger partial charge is 0.416 e. The average molecular weight is 393 g/mol. The molecule has 0 aliphatic rings. The number of halogens is 3. The molecule has 4 nitrogen and oxygen atoms in total. The number of carbonyl (C=O) groups is 1. The molecule has 1 amide bonds. The number of alkyl halides is 3. The molecule has 0 saturated heterocycles. The lowest BCUT2D eigenvalue weighted by Crippen LogP contribution is -2.13. The monoisotopic (exact) mass is 393 g/mol. The van der Waals surface area contributed by atoms with Crippen molar-refractivity contribution < 1.29 is 18.0 Å². The van der Waals surface area contributed by atoms with Crippen LogP contribution in [0.3, 0.4) is 0 Å². The quantitative estimate of drug-likeness (QED) is 0.495. The van der Waals surface area contributed by atoms with E-state index < -0.39 is 17.6 Å². The van der Waals surface area contributed by atoms with Crippen LogP contribution < -0.4 is 5.32 Å². The topological polar surface area (TPSA) is 54.9 Å². The molecular weight excluding hydrogens is 379 g/mol. The molecule has 0 fully saturated rings. The van der Waals surface area contributed by atoms with Crippen molar-refractivity contribution in [3.05, 3.63) is 90.4 Å². The number of benzene rings is 2. The fourth-order valence-corrected chi connectivity index (χ4v) is 3.00. The van der Waals surface area contributed by atoms with Crippen LogP contribution in [-0.2, 0) is 6.18 Å². The van der Waals surface area contributed by atoms with Crippen LogP contribution in [0.5, 0.6) is 0 Å². The Morgan fingerprint density at radius 3 is 2.52 bits per heavy atom. The molecule has 4 rings (SSSR count). The van der Waals surface area contributed by atoms with Gasteiger partial charge in [0.1, 0.15) is 5.69 Å². The minimum absolute atomic E-state index is 0.153. The van der Waals surface area contributed by atoms with Crippen LogP contribution in [0.15, 0.2) is 79.1 Å². The van der Waals surface area contributed by atoms with Gasteiger partial charge in [-0.1, -0.05) is 36.4 Å². The number of hydrogen-bond acceptors (Lipinski definition) is 3. The van der Waals surface area contributed by atoms with E-state index in [0.717, 1.165) is 17.5 Å². The predicted octanol–water partition coefficient (Wildman–Crippen LogP) is 5.57. The number of hydrogen-bond donors (Lipinski definition) is 1. The SMILES string of the molecule is O=C(Nc1cccnc1)c1ccc2cccc(-c3cccc(C(F)(F)F)c3)c2n1. The van der Waals surface area contributed by atoms with Crippen LogP contribution in [0.1, 0.15) is 16.1 Å². The summed E-state index contributed by atoms with van der Waals surface area (Å²) in [7, 11) is 0. The van der Waals surface area contributed by atoms with Crippen LogP contribution >= 0.6 is 0 Å². The van der Waals surface area contributed by atoms with Gasteiger partial charge in [-0.2, -0.15) is 13.2 Å². The summed E-state index contributed by atoms with van der Waals surface area (Å²) < 4.78 is 39.3. The van der Waals surface area contributed by atoms with E-state index in [1.165, 1.54) is 12.3 Å². The van der Waals surface area contributed by atoms with Crippen molar-refractivity contribution in [2.24, 2.45) is 0 Å². The van der Waals surface area contributed by atoms with Crippen molar-refractivity contribution >= 4 is 22.5 Å². The summed E-state index contributed by atoms with van der Waals surface area (Å²) in [6, 6.07) is 17.0. The van der Waals surface area contributed by atoms with Crippen molar-refractivity contribution in [2.75, 3.05) is 5.32 Å². The van der Waals surface area contributed by atoms with Gasteiger partial charge in [0.25, 0.3) is 5.91 Å². The normalized spacial score (nSPS) is 11.4. The average Bonchev–Trinajstić information content (AvgIpc) is 2.73. The molecule has 144 valence electrons. The van der Waals surface area contributed by atoms with E-state index in [9.17, 15) is 18.0 Å². The number of nitrogens with one attached hydrogen (secondary N) is 1. The summed E-state index contributed by atoms with van der Waals surface area (Å²) in [5.74, 6) is -0.432. The predicted molar refractivity (Wildman–Crippen MR) is 104 cm³/mol. The Balaban J connectivity index is 1.76. The first kappa shape index (κ1) is 18.6. The Labute approximate surface area is 164 Å². The first-order valence-corrected chi connectivity index (χ1v) is 8.70. The van der Waals surface area contributed by atoms with E-state index in [1.54, 1.807) is 54.7 Å². The highest BCUT2D eigenvalue weighted by Crippen LogP contribution is 2.34. The maximum absolute atomic E-state index is 13.1. The zero-order chi connectivity index (χ0) is 20.4. The molecular formula is C22H14F3N3O. The van der Waals surface area contributed by atoms with Gasteiger partial charge in [-0.3, -0.25) is 9.78 Å². The number of amides is 1. The summed E-state index contributed by atoms with van der Waals surface area (Å²) in [4.78, 5) is 20.9. The molecule has 0 bridgehead atoms. The molecule has 2 aromatic heterocycles. The van der Waals surface area contributed by atoms with Crippen molar-refractivity contribution in [1.29, 1.82) is 0 Å². The lowest BCUT2D eigenvalue weighted by atomic mass is 9.99. The smallest absolute Gasteiger partial charge is 0.319 e. The third-order valence-electron chi connectivity index (χ3n) is 4.37. The molecule has 0 spiro atoms. The molecule has 4 aromatic rings. The molecule has 2 heterocycles. The Kier molecular flexibility index (Phi) is 4.72. The number of carbonyl (C=O) groups excluding carboxylic acids is 1. The van der Waals surface area contributed by atoms with Gasteiger partial charge >= 0.3 is 6.18 Å². The van der Waals surface area contributed by atoms with Crippen molar-refractivity contribution in [3.8, 4) is 11.1 Å². The van der Waals surface area contributed by atoms with Crippen LogP contribution in [-0.4, -0.2) is 15.9 Å². The number of aromatic nitrogens is 2. The number of pyridine rings is 2. The zero-order valence-electron chi connectivity index (χ0n) is 14.9. The molecule has 0 unspecified atom stereocenters. The molecule has 0 aliphatic carbocycles. The van der Waals surface area contributed by atoms with Crippen LogP contribution in [0.25, 0.3) is 22.0 Å². The van der Waals surface area contributed by atoms with E-state index in [4.69, 9.17) is 0 Å². The number of rotatable bonds is 3. The molecule has 7 heteroatoms. The highest BCUT2D eigenvalue weighted by Gasteiger charge is 2.30. The van der Waals surface area contributed by atoms with Gasteiger partial charge in [-0.05, 0) is 35.9 Å². The minimum atomic E-state index is -4.44. The molecule has 0 saturated carbocycles. The maximum atomic E-state index is 13.1. The highest BCUT2D eigenvalue weighted by molar-refractivity contribution is 6.05. The van der Waals surface area contributed by atoms with Crippen LogP contribution in [0, 0.1) is 0 Å². The van der Waals surface area contributed by atoms with E-state index in [1.807, 2.05) is 0 Å². The summed E-state index contributed by atoms with van der Waals surface area (Å²) in [5.41, 5.74) is 1.28. The molecule has 0 aliphatic heterocycles. The van der Waals surface area contributed by atoms with Gasteiger partial charge in [-0.25, -0.2) is 4.98 Å². The van der Waals surface area contributed by atoms with Gasteiger partial charge < -0.3 is 5.32 Å². The Morgan fingerprint density at radius 1 is 0.931 bits per heavy atom. The second-order valence-corrected chi connectivity index (χ2v) is 6.35. The van der Waals surface area contributed by atoms with Crippen LogP contribution in [0.4, 0.5) is 18.9 Å². The van der Waals surface area contributed by atoms with E-state index in [2.05, 4.69) is 15.3 Å². The molecule has 1 N–H and O–H groups in total. The fourth-order valence-electron chi connectivity index (χ4n) is 3.00. The fraction of sp³-hybridized carbons (Fsp3) is 0.0455. The molecule has 0 atom stereocenters. The first-order valence-electron chi connectivity index (χ1n) is 8.70. The van der Waals surface area contributed by atoms with E-state index in [0.29, 0.717) is 22.3 Å². The van der Waals surface area contributed by atoms with Gasteiger partial charge in [0.2, 0.25) is 0 Å². The summed E-state index contributed by atoms with van der Waals surface area (Å²) in [6.07, 6.45) is -1.35. The standard InChI is InChI=1S/C22H14F3N3O/c23-22(24,25)16-6-1-5-15(12-16)18-8-2-4-14-9-10-19(28-20(14)18)21(29)27-17-7-3-11-26-13-17/h1-13H,(H,27,29). The second kappa shape index (κ2) is 7.35. The molecule has 29 heavy (non-hydrogen) atoms. The summed E-state index contributed by atoms with van der Waals surface area (Å²) in [5, 5.41) is 3.42. The van der Waals surface area contributed by atoms with Gasteiger partial charge in [0.15, 0.2) is 0 Å². The van der Waals surface area contributed by atoms with Gasteiger partial charge in [0, 0.05) is 17.1 Å². The Morgan fingerprint density at radius 2 is 1.76 bits per heavy atom. The van der Waals surface area contributed by atoms with Crippen molar-refractivity contribution in [3.63, 3.8) is 0 Å². The number of para-hydroxylation sites is 1. The second-order valence-electron chi connectivity index (χ2n) is 6.35. The number of fused-ring (bicyclic) bond motifs is 1. The van der Waals surface area contributed by atoms with E-state index in [-0.39, 0.29) is 5.69 Å². The highest BCUT2D eigenvalue weighted by atomic mass is 19.4. The zero-order valence-corrected chi connectivity index (χ0v) is 14.9. The first-order chi connectivity index (χ1) is 13.9. The minimum Gasteiger partial charge on any atom is -0.319 e. The third kappa shape index (κ3) is 3.94. The van der Waals surface area contributed by atoms with E-state index >= 15 is 0 Å². The Bertz CT molecular complexity index is 1190. The van der Waals surface area contributed by atoms with Crippen molar-refractivity contribution in [1.82, 2.24) is 9.97 Å². The van der Waals surface area contributed by atoms with Gasteiger partial charge in [0.05, 0.1) is 23.0 Å². The number of nitrogens with zero attached hydrogens (tertiary/aromatic N) is 2.